The SMILES string of the molecule is C[C@@H]1C(=O)CC[C@]2(c3cccc(F)c3)[C@@H](O)CCC[C@@H]12. The zero-order chi connectivity index (χ0) is 14.3. The topological polar surface area (TPSA) is 37.3 Å². The molecule has 0 aromatic heterocycles. The molecule has 20 heavy (non-hydrogen) atoms. The molecule has 4 atom stereocenters. The molecule has 3 heteroatoms. The number of fused-ring (bicyclic) bond motifs is 1. The van der Waals surface area contributed by atoms with E-state index in [1.807, 2.05) is 13.0 Å². The normalized spacial score (nSPS) is 37.5. The molecule has 0 spiro atoms. The highest BCUT2D eigenvalue weighted by Gasteiger charge is 2.53. The molecule has 0 radical (unpaired) electrons. The molecular weight excluding hydrogens is 255 g/mol. The molecule has 2 fully saturated rings. The molecular formula is C17H21FO2. The Bertz CT molecular complexity index is 527. The summed E-state index contributed by atoms with van der Waals surface area (Å²) in [5, 5.41) is 10.7. The Balaban J connectivity index is 2.11. The van der Waals surface area contributed by atoms with E-state index in [2.05, 4.69) is 0 Å². The third-order valence-corrected chi connectivity index (χ3v) is 5.51. The van der Waals surface area contributed by atoms with Crippen LogP contribution in [0.3, 0.4) is 0 Å². The molecule has 0 bridgehead atoms. The molecule has 1 aromatic carbocycles. The minimum atomic E-state index is -0.474. The summed E-state index contributed by atoms with van der Waals surface area (Å²) in [6.07, 6.45) is 3.30. The molecule has 2 saturated carbocycles. The third-order valence-electron chi connectivity index (χ3n) is 5.51. The summed E-state index contributed by atoms with van der Waals surface area (Å²) in [6.45, 7) is 1.97. The number of aliphatic hydroxyl groups excluding tert-OH is 1. The molecule has 2 aliphatic rings. The first-order valence-corrected chi connectivity index (χ1v) is 7.52. The fourth-order valence-electron chi connectivity index (χ4n) is 4.45. The molecule has 2 nitrogen and oxygen atoms in total. The van der Waals surface area contributed by atoms with E-state index in [4.69, 9.17) is 0 Å². The Labute approximate surface area is 119 Å². The zero-order valence-corrected chi connectivity index (χ0v) is 11.8. The van der Waals surface area contributed by atoms with E-state index >= 15 is 0 Å². The Morgan fingerprint density at radius 3 is 2.90 bits per heavy atom. The van der Waals surface area contributed by atoms with Gasteiger partial charge < -0.3 is 5.11 Å². The monoisotopic (exact) mass is 276 g/mol. The van der Waals surface area contributed by atoms with Gasteiger partial charge >= 0.3 is 0 Å². The van der Waals surface area contributed by atoms with Crippen molar-refractivity contribution in [3.05, 3.63) is 35.6 Å². The van der Waals surface area contributed by atoms with Crippen LogP contribution < -0.4 is 0 Å². The second-order valence-corrected chi connectivity index (χ2v) is 6.36. The summed E-state index contributed by atoms with van der Waals surface area (Å²) in [5.74, 6) is 0.116. The van der Waals surface area contributed by atoms with Crippen molar-refractivity contribution in [2.45, 2.75) is 50.5 Å². The molecule has 3 rings (SSSR count). The van der Waals surface area contributed by atoms with Crippen molar-refractivity contribution in [2.24, 2.45) is 11.8 Å². The highest BCUT2D eigenvalue weighted by Crippen LogP contribution is 2.53. The van der Waals surface area contributed by atoms with Gasteiger partial charge in [0.15, 0.2) is 0 Å². The molecule has 1 aromatic rings. The number of benzene rings is 1. The molecule has 0 aliphatic heterocycles. The van der Waals surface area contributed by atoms with Gasteiger partial charge in [-0.25, -0.2) is 4.39 Å². The predicted molar refractivity (Wildman–Crippen MR) is 74.8 cm³/mol. The van der Waals surface area contributed by atoms with Crippen LogP contribution in [0, 0.1) is 17.7 Å². The fraction of sp³-hybridized carbons (Fsp3) is 0.588. The van der Waals surface area contributed by atoms with Crippen molar-refractivity contribution in [3.8, 4) is 0 Å². The first-order chi connectivity index (χ1) is 9.55. The maximum atomic E-state index is 13.6. The van der Waals surface area contributed by atoms with Gasteiger partial charge in [-0.2, -0.15) is 0 Å². The van der Waals surface area contributed by atoms with Crippen molar-refractivity contribution in [1.82, 2.24) is 0 Å². The van der Waals surface area contributed by atoms with Gasteiger partial charge in [0, 0.05) is 17.8 Å². The second kappa shape index (κ2) is 4.96. The predicted octanol–water partition coefficient (Wildman–Crippen LogP) is 3.22. The maximum absolute atomic E-state index is 13.6. The van der Waals surface area contributed by atoms with Crippen LogP contribution >= 0.6 is 0 Å². The number of Topliss-reactive ketones (excluding diaryl/α,β-unsaturated/α-hetero) is 1. The first-order valence-electron chi connectivity index (χ1n) is 7.52. The van der Waals surface area contributed by atoms with Crippen molar-refractivity contribution >= 4 is 5.78 Å². The van der Waals surface area contributed by atoms with Crippen LogP contribution in [-0.2, 0) is 10.2 Å². The first kappa shape index (κ1) is 13.7. The molecule has 1 N–H and O–H groups in total. The molecule has 0 saturated heterocycles. The smallest absolute Gasteiger partial charge is 0.136 e. The van der Waals surface area contributed by atoms with E-state index in [0.717, 1.165) is 24.8 Å². The van der Waals surface area contributed by atoms with Crippen LogP contribution in [0.1, 0.15) is 44.6 Å². The second-order valence-electron chi connectivity index (χ2n) is 6.36. The quantitative estimate of drug-likeness (QED) is 0.855. The summed E-state index contributed by atoms with van der Waals surface area (Å²) in [5.41, 5.74) is 0.433. The summed E-state index contributed by atoms with van der Waals surface area (Å²) < 4.78 is 13.6. The summed E-state index contributed by atoms with van der Waals surface area (Å²) in [7, 11) is 0. The molecule has 108 valence electrons. The lowest BCUT2D eigenvalue weighted by molar-refractivity contribution is -0.134. The van der Waals surface area contributed by atoms with E-state index in [0.29, 0.717) is 12.8 Å². The highest BCUT2D eigenvalue weighted by molar-refractivity contribution is 5.82. The van der Waals surface area contributed by atoms with E-state index in [1.54, 1.807) is 12.1 Å². The molecule has 0 unspecified atom stereocenters. The number of hydrogen-bond donors (Lipinski definition) is 1. The number of ketones is 1. The minimum Gasteiger partial charge on any atom is -0.392 e. The highest BCUT2D eigenvalue weighted by atomic mass is 19.1. The van der Waals surface area contributed by atoms with Gasteiger partial charge in [-0.1, -0.05) is 25.5 Å². The van der Waals surface area contributed by atoms with Gasteiger partial charge in [0.25, 0.3) is 0 Å². The molecule has 2 aliphatic carbocycles. The van der Waals surface area contributed by atoms with E-state index in [9.17, 15) is 14.3 Å². The van der Waals surface area contributed by atoms with Crippen molar-refractivity contribution in [2.75, 3.05) is 0 Å². The van der Waals surface area contributed by atoms with Gasteiger partial charge in [-0.15, -0.1) is 0 Å². The van der Waals surface area contributed by atoms with E-state index in [-0.39, 0.29) is 23.4 Å². The third kappa shape index (κ3) is 1.91. The number of aliphatic hydroxyl groups is 1. The van der Waals surface area contributed by atoms with Crippen LogP contribution in [0.25, 0.3) is 0 Å². The number of hydrogen-bond acceptors (Lipinski definition) is 2. The van der Waals surface area contributed by atoms with Gasteiger partial charge in [0.1, 0.15) is 11.6 Å². The fourth-order valence-corrected chi connectivity index (χ4v) is 4.45. The van der Waals surface area contributed by atoms with Crippen LogP contribution in [-0.4, -0.2) is 17.0 Å². The Hall–Kier alpha value is -1.22. The average Bonchev–Trinajstić information content (AvgIpc) is 2.44. The van der Waals surface area contributed by atoms with E-state index < -0.39 is 11.5 Å². The minimum absolute atomic E-state index is 0.0398. The van der Waals surface area contributed by atoms with Crippen LogP contribution in [0.2, 0.25) is 0 Å². The van der Waals surface area contributed by atoms with Gasteiger partial charge in [0.2, 0.25) is 0 Å². The van der Waals surface area contributed by atoms with Crippen molar-refractivity contribution in [1.29, 1.82) is 0 Å². The number of carbonyl (C=O) groups excluding carboxylic acids is 1. The van der Waals surface area contributed by atoms with Crippen molar-refractivity contribution in [3.63, 3.8) is 0 Å². The number of halogens is 1. The van der Waals surface area contributed by atoms with Gasteiger partial charge in [0.05, 0.1) is 6.10 Å². The summed E-state index contributed by atoms with van der Waals surface area (Å²) >= 11 is 0. The zero-order valence-electron chi connectivity index (χ0n) is 11.8. The summed E-state index contributed by atoms with van der Waals surface area (Å²) in [4.78, 5) is 12.0. The van der Waals surface area contributed by atoms with Gasteiger partial charge in [-0.3, -0.25) is 4.79 Å². The lowest BCUT2D eigenvalue weighted by atomic mass is 9.52. The molecule has 0 amide bonds. The van der Waals surface area contributed by atoms with Crippen LogP contribution in [0.5, 0.6) is 0 Å². The average molecular weight is 276 g/mol. The molecule has 0 heterocycles. The van der Waals surface area contributed by atoms with Crippen LogP contribution in [0.15, 0.2) is 24.3 Å². The van der Waals surface area contributed by atoms with Gasteiger partial charge in [-0.05, 0) is 42.9 Å². The largest absolute Gasteiger partial charge is 0.392 e. The lowest BCUT2D eigenvalue weighted by Crippen LogP contribution is -2.55. The number of rotatable bonds is 1. The lowest BCUT2D eigenvalue weighted by Gasteiger charge is -2.53. The van der Waals surface area contributed by atoms with Crippen LogP contribution in [0.4, 0.5) is 4.39 Å². The standard InChI is InChI=1S/C17H21FO2/c1-11-14-6-3-7-16(20)17(14,9-8-15(11)19)12-4-2-5-13(18)10-12/h2,4-5,10-11,14,16,20H,3,6-9H2,1H3/t11-,14-,16-,17+/m0/s1. The van der Waals surface area contributed by atoms with E-state index in [1.165, 1.54) is 6.07 Å². The summed E-state index contributed by atoms with van der Waals surface area (Å²) in [6, 6.07) is 6.60. The Morgan fingerprint density at radius 2 is 2.15 bits per heavy atom. The Morgan fingerprint density at radius 1 is 1.35 bits per heavy atom. The maximum Gasteiger partial charge on any atom is 0.136 e. The number of carbonyl (C=O) groups is 1. The van der Waals surface area contributed by atoms with Crippen molar-refractivity contribution < 1.29 is 14.3 Å². The Kier molecular flexibility index (Phi) is 3.41.